The van der Waals surface area contributed by atoms with Gasteiger partial charge in [-0.1, -0.05) is 18.2 Å². The Morgan fingerprint density at radius 1 is 1.10 bits per heavy atom. The van der Waals surface area contributed by atoms with E-state index >= 15 is 0 Å². The van der Waals surface area contributed by atoms with Crippen LogP contribution in [-0.4, -0.2) is 24.1 Å². The lowest BCUT2D eigenvalue weighted by molar-refractivity contribution is 0.0696. The van der Waals surface area contributed by atoms with E-state index in [1.54, 1.807) is 37.4 Å². The van der Waals surface area contributed by atoms with Crippen LogP contribution in [0.15, 0.2) is 48.5 Å². The summed E-state index contributed by atoms with van der Waals surface area (Å²) in [6.07, 6.45) is 0. The number of carboxylic acid groups (broad SMARTS) is 1. The van der Waals surface area contributed by atoms with E-state index < -0.39 is 5.97 Å². The summed E-state index contributed by atoms with van der Waals surface area (Å²) in [5, 5.41) is 11.6. The summed E-state index contributed by atoms with van der Waals surface area (Å²) in [4.78, 5) is 23.1. The number of methoxy groups -OCH3 is 1. The zero-order chi connectivity index (χ0) is 15.2. The van der Waals surface area contributed by atoms with Crippen molar-refractivity contribution >= 4 is 17.6 Å². The summed E-state index contributed by atoms with van der Waals surface area (Å²) in [5.74, 6) is -1.33. The average Bonchev–Trinajstić information content (AvgIpc) is 2.48. The van der Waals surface area contributed by atoms with Crippen LogP contribution in [0, 0.1) is 0 Å². The van der Waals surface area contributed by atoms with Gasteiger partial charge in [-0.2, -0.15) is 0 Å². The number of ether oxygens (including phenoxy) is 1. The molecule has 0 bridgehead atoms. The van der Waals surface area contributed by atoms with Crippen LogP contribution >= 0.6 is 0 Å². The van der Waals surface area contributed by atoms with Gasteiger partial charge in [0.1, 0.15) is 0 Å². The summed E-state index contributed by atoms with van der Waals surface area (Å²) in [5.41, 5.74) is 1.95. The number of amides is 1. The maximum absolute atomic E-state index is 12.2. The standard InChI is InChI=1S/C16H15NO4/c1-21-10-11-4-2-5-12(8-11)15(18)17-14-7-3-6-13(9-14)16(19)20/h2-9H,10H2,1H3,(H,17,18)(H,19,20). The zero-order valence-corrected chi connectivity index (χ0v) is 11.5. The number of rotatable bonds is 5. The number of hydrogen-bond donors (Lipinski definition) is 2. The molecule has 0 atom stereocenters. The molecule has 0 spiro atoms. The van der Waals surface area contributed by atoms with Gasteiger partial charge in [0.2, 0.25) is 0 Å². The highest BCUT2D eigenvalue weighted by Gasteiger charge is 2.09. The predicted molar refractivity (Wildman–Crippen MR) is 78.5 cm³/mol. The van der Waals surface area contributed by atoms with Crippen LogP contribution in [0.5, 0.6) is 0 Å². The molecule has 0 fully saturated rings. The minimum Gasteiger partial charge on any atom is -0.478 e. The summed E-state index contributed by atoms with van der Waals surface area (Å²) in [7, 11) is 1.59. The molecule has 0 aliphatic heterocycles. The molecule has 0 aromatic heterocycles. The monoisotopic (exact) mass is 285 g/mol. The van der Waals surface area contributed by atoms with Gasteiger partial charge < -0.3 is 15.2 Å². The second kappa shape index (κ2) is 6.67. The minimum atomic E-state index is -1.03. The van der Waals surface area contributed by atoms with Crippen LogP contribution in [0.1, 0.15) is 26.3 Å². The third-order valence-corrected chi connectivity index (χ3v) is 2.87. The largest absolute Gasteiger partial charge is 0.478 e. The number of anilines is 1. The molecule has 0 heterocycles. The molecule has 5 nitrogen and oxygen atoms in total. The fraction of sp³-hybridized carbons (Fsp3) is 0.125. The molecule has 2 rings (SSSR count). The molecule has 0 saturated carbocycles. The summed E-state index contributed by atoms with van der Waals surface area (Å²) in [6, 6.07) is 13.2. The number of aromatic carboxylic acids is 1. The number of carbonyl (C=O) groups is 2. The predicted octanol–water partition coefficient (Wildman–Crippen LogP) is 2.78. The van der Waals surface area contributed by atoms with Gasteiger partial charge in [-0.25, -0.2) is 4.79 Å². The third kappa shape index (κ3) is 3.90. The van der Waals surface area contributed by atoms with Gasteiger partial charge >= 0.3 is 5.97 Å². The topological polar surface area (TPSA) is 75.6 Å². The molecule has 5 heteroatoms. The molecule has 0 radical (unpaired) electrons. The number of carboxylic acids is 1. The van der Waals surface area contributed by atoms with E-state index in [1.807, 2.05) is 6.07 Å². The van der Waals surface area contributed by atoms with Crippen LogP contribution in [0.4, 0.5) is 5.69 Å². The Bertz CT molecular complexity index is 667. The van der Waals surface area contributed by atoms with Crippen LogP contribution in [0.2, 0.25) is 0 Å². The molecule has 2 aromatic carbocycles. The Labute approximate surface area is 122 Å². The zero-order valence-electron chi connectivity index (χ0n) is 11.5. The van der Waals surface area contributed by atoms with E-state index in [-0.39, 0.29) is 11.5 Å². The van der Waals surface area contributed by atoms with Crippen molar-refractivity contribution in [2.24, 2.45) is 0 Å². The minimum absolute atomic E-state index is 0.126. The summed E-state index contributed by atoms with van der Waals surface area (Å²) >= 11 is 0. The smallest absolute Gasteiger partial charge is 0.335 e. The number of benzene rings is 2. The van der Waals surface area contributed by atoms with E-state index in [1.165, 1.54) is 12.1 Å². The van der Waals surface area contributed by atoms with Crippen LogP contribution < -0.4 is 5.32 Å². The first-order valence-electron chi connectivity index (χ1n) is 6.33. The fourth-order valence-corrected chi connectivity index (χ4v) is 1.90. The normalized spacial score (nSPS) is 10.1. The highest BCUT2D eigenvalue weighted by atomic mass is 16.5. The van der Waals surface area contributed by atoms with Crippen molar-refractivity contribution in [1.82, 2.24) is 0 Å². The molecule has 0 aliphatic rings. The molecular formula is C16H15NO4. The maximum Gasteiger partial charge on any atom is 0.335 e. The Morgan fingerprint density at radius 3 is 2.52 bits per heavy atom. The molecule has 108 valence electrons. The second-order valence-corrected chi connectivity index (χ2v) is 4.47. The van der Waals surface area contributed by atoms with Crippen molar-refractivity contribution in [3.05, 3.63) is 65.2 Å². The van der Waals surface area contributed by atoms with Gasteiger partial charge in [0, 0.05) is 18.4 Å². The molecular weight excluding hydrogens is 270 g/mol. The van der Waals surface area contributed by atoms with Crippen molar-refractivity contribution < 1.29 is 19.4 Å². The highest BCUT2D eigenvalue weighted by Crippen LogP contribution is 2.13. The SMILES string of the molecule is COCc1cccc(C(=O)Nc2cccc(C(=O)O)c2)c1. The van der Waals surface area contributed by atoms with Gasteiger partial charge in [0.15, 0.2) is 0 Å². The first kappa shape index (κ1) is 14.7. The van der Waals surface area contributed by atoms with Crippen LogP contribution in [0.3, 0.4) is 0 Å². The highest BCUT2D eigenvalue weighted by molar-refractivity contribution is 6.04. The van der Waals surface area contributed by atoms with Crippen molar-refractivity contribution in [3.63, 3.8) is 0 Å². The second-order valence-electron chi connectivity index (χ2n) is 4.47. The molecule has 21 heavy (non-hydrogen) atoms. The number of nitrogens with one attached hydrogen (secondary N) is 1. The molecule has 0 aliphatic carbocycles. The van der Waals surface area contributed by atoms with Gasteiger partial charge in [-0.05, 0) is 35.9 Å². The van der Waals surface area contributed by atoms with Crippen molar-refractivity contribution in [1.29, 1.82) is 0 Å². The molecule has 2 N–H and O–H groups in total. The Balaban J connectivity index is 2.16. The van der Waals surface area contributed by atoms with E-state index in [0.29, 0.717) is 17.9 Å². The van der Waals surface area contributed by atoms with Crippen molar-refractivity contribution in [2.75, 3.05) is 12.4 Å². The Kier molecular flexibility index (Phi) is 4.68. The van der Waals surface area contributed by atoms with Crippen molar-refractivity contribution in [2.45, 2.75) is 6.61 Å². The van der Waals surface area contributed by atoms with E-state index in [2.05, 4.69) is 5.32 Å². The Hall–Kier alpha value is -2.66. The van der Waals surface area contributed by atoms with E-state index in [4.69, 9.17) is 9.84 Å². The maximum atomic E-state index is 12.2. The summed E-state index contributed by atoms with van der Waals surface area (Å²) in [6.45, 7) is 0.426. The Morgan fingerprint density at radius 2 is 1.81 bits per heavy atom. The lowest BCUT2D eigenvalue weighted by Gasteiger charge is -2.07. The quantitative estimate of drug-likeness (QED) is 0.885. The van der Waals surface area contributed by atoms with Crippen molar-refractivity contribution in [3.8, 4) is 0 Å². The molecule has 0 unspecified atom stereocenters. The lowest BCUT2D eigenvalue weighted by atomic mass is 10.1. The van der Waals surface area contributed by atoms with E-state index in [0.717, 1.165) is 5.56 Å². The molecule has 1 amide bonds. The number of carbonyl (C=O) groups excluding carboxylic acids is 1. The first-order chi connectivity index (χ1) is 10.1. The van der Waals surface area contributed by atoms with Crippen LogP contribution in [0.25, 0.3) is 0 Å². The number of hydrogen-bond acceptors (Lipinski definition) is 3. The van der Waals surface area contributed by atoms with Gasteiger partial charge in [0.25, 0.3) is 5.91 Å². The van der Waals surface area contributed by atoms with Gasteiger partial charge in [-0.3, -0.25) is 4.79 Å². The van der Waals surface area contributed by atoms with Gasteiger partial charge in [0.05, 0.1) is 12.2 Å². The molecule has 0 saturated heterocycles. The summed E-state index contributed by atoms with van der Waals surface area (Å²) < 4.78 is 5.03. The van der Waals surface area contributed by atoms with Crippen LogP contribution in [-0.2, 0) is 11.3 Å². The first-order valence-corrected chi connectivity index (χ1v) is 6.33. The average molecular weight is 285 g/mol. The third-order valence-electron chi connectivity index (χ3n) is 2.87. The molecule has 2 aromatic rings. The lowest BCUT2D eigenvalue weighted by Crippen LogP contribution is -2.12. The fourth-order valence-electron chi connectivity index (χ4n) is 1.90. The van der Waals surface area contributed by atoms with Gasteiger partial charge in [-0.15, -0.1) is 0 Å². The van der Waals surface area contributed by atoms with E-state index in [9.17, 15) is 9.59 Å².